The first-order chi connectivity index (χ1) is 9.58. The molecule has 0 amide bonds. The molecule has 0 aliphatic heterocycles. The van der Waals surface area contributed by atoms with E-state index >= 15 is 0 Å². The molecular weight excluding hydrogens is 302 g/mol. The Bertz CT molecular complexity index is 622. The summed E-state index contributed by atoms with van der Waals surface area (Å²) in [7, 11) is 1.52. The third-order valence-electron chi connectivity index (χ3n) is 2.96. The Morgan fingerprint density at radius 1 is 1.20 bits per heavy atom. The second-order valence-corrected chi connectivity index (χ2v) is 4.97. The quantitative estimate of drug-likeness (QED) is 0.668. The first-order valence-electron chi connectivity index (χ1n) is 5.82. The van der Waals surface area contributed by atoms with E-state index in [1.807, 2.05) is 0 Å². The number of hydrazine groups is 1. The maximum atomic E-state index is 14.2. The highest BCUT2D eigenvalue weighted by atomic mass is 35.5. The first-order valence-corrected chi connectivity index (χ1v) is 6.57. The van der Waals surface area contributed by atoms with Gasteiger partial charge >= 0.3 is 0 Å². The lowest BCUT2D eigenvalue weighted by molar-refractivity contribution is 0.403. The topological polar surface area (TPSA) is 47.3 Å². The Hall–Kier alpha value is -1.33. The summed E-state index contributed by atoms with van der Waals surface area (Å²) in [5.41, 5.74) is 3.52. The fourth-order valence-corrected chi connectivity index (χ4v) is 2.38. The maximum absolute atomic E-state index is 14.2. The lowest BCUT2D eigenvalue weighted by Gasteiger charge is -2.20. The zero-order valence-electron chi connectivity index (χ0n) is 10.7. The number of methoxy groups -OCH3 is 1. The molecule has 0 bridgehead atoms. The molecule has 0 saturated heterocycles. The molecular formula is C14H13Cl2FN2O. The molecule has 2 aromatic carbocycles. The minimum atomic E-state index is -0.623. The lowest BCUT2D eigenvalue weighted by Crippen LogP contribution is -2.30. The Morgan fingerprint density at radius 3 is 2.60 bits per heavy atom. The second-order valence-electron chi connectivity index (χ2n) is 4.13. The SMILES string of the molecule is COc1ccc(Cl)cc1C(NN)c1cccc(Cl)c1F. The molecule has 0 aromatic heterocycles. The van der Waals surface area contributed by atoms with E-state index in [9.17, 15) is 4.39 Å². The van der Waals surface area contributed by atoms with Crippen LogP contribution in [0, 0.1) is 5.82 Å². The van der Waals surface area contributed by atoms with Gasteiger partial charge < -0.3 is 4.74 Å². The van der Waals surface area contributed by atoms with Crippen molar-refractivity contribution in [3.8, 4) is 5.75 Å². The summed E-state index contributed by atoms with van der Waals surface area (Å²) in [6.45, 7) is 0. The van der Waals surface area contributed by atoms with Crippen LogP contribution < -0.4 is 16.0 Å². The summed E-state index contributed by atoms with van der Waals surface area (Å²) < 4.78 is 19.4. The summed E-state index contributed by atoms with van der Waals surface area (Å²) in [5.74, 6) is 5.60. The van der Waals surface area contributed by atoms with Crippen LogP contribution in [0.3, 0.4) is 0 Å². The van der Waals surface area contributed by atoms with Gasteiger partial charge in [0, 0.05) is 16.1 Å². The third kappa shape index (κ3) is 2.88. The molecule has 0 fully saturated rings. The molecule has 0 heterocycles. The molecule has 0 aliphatic carbocycles. The van der Waals surface area contributed by atoms with E-state index in [-0.39, 0.29) is 5.02 Å². The highest BCUT2D eigenvalue weighted by molar-refractivity contribution is 6.31. The number of nitrogens with two attached hydrogens (primary N) is 1. The van der Waals surface area contributed by atoms with E-state index in [1.54, 1.807) is 30.3 Å². The molecule has 3 nitrogen and oxygen atoms in total. The standard InChI is InChI=1S/C14H13Cl2FN2O/c1-20-12-6-5-8(15)7-10(12)14(19-18)9-3-2-4-11(16)13(9)17/h2-7,14,19H,18H2,1H3. The van der Waals surface area contributed by atoms with E-state index < -0.39 is 11.9 Å². The number of hydrogen-bond donors (Lipinski definition) is 2. The van der Waals surface area contributed by atoms with Gasteiger partial charge in [-0.15, -0.1) is 0 Å². The molecule has 2 aromatic rings. The van der Waals surface area contributed by atoms with Gasteiger partial charge in [0.1, 0.15) is 11.6 Å². The molecule has 6 heteroatoms. The van der Waals surface area contributed by atoms with Gasteiger partial charge in [-0.05, 0) is 24.3 Å². The summed E-state index contributed by atoms with van der Waals surface area (Å²) in [6.07, 6.45) is 0. The Labute approximate surface area is 126 Å². The molecule has 2 rings (SSSR count). The number of rotatable bonds is 4. The largest absolute Gasteiger partial charge is 0.496 e. The Balaban J connectivity index is 2.58. The van der Waals surface area contributed by atoms with E-state index in [2.05, 4.69) is 5.43 Å². The van der Waals surface area contributed by atoms with Gasteiger partial charge in [-0.25, -0.2) is 9.82 Å². The van der Waals surface area contributed by atoms with Crippen molar-refractivity contribution in [2.24, 2.45) is 5.84 Å². The van der Waals surface area contributed by atoms with Gasteiger partial charge in [0.25, 0.3) is 0 Å². The second kappa shape index (κ2) is 6.41. The predicted molar refractivity (Wildman–Crippen MR) is 78.6 cm³/mol. The normalized spacial score (nSPS) is 12.2. The summed E-state index contributed by atoms with van der Waals surface area (Å²) in [6, 6.07) is 9.17. The van der Waals surface area contributed by atoms with Crippen molar-refractivity contribution in [1.82, 2.24) is 5.43 Å². The summed E-state index contributed by atoms with van der Waals surface area (Å²) in [4.78, 5) is 0. The lowest BCUT2D eigenvalue weighted by atomic mass is 9.98. The highest BCUT2D eigenvalue weighted by Gasteiger charge is 2.21. The molecule has 1 atom stereocenters. The molecule has 106 valence electrons. The van der Waals surface area contributed by atoms with Crippen LogP contribution in [-0.4, -0.2) is 7.11 Å². The van der Waals surface area contributed by atoms with Crippen LogP contribution in [0.5, 0.6) is 5.75 Å². The predicted octanol–water partition coefficient (Wildman–Crippen LogP) is 3.69. The third-order valence-corrected chi connectivity index (χ3v) is 3.49. The smallest absolute Gasteiger partial charge is 0.146 e. The number of halogens is 3. The Kier molecular flexibility index (Phi) is 4.83. The number of benzene rings is 2. The zero-order chi connectivity index (χ0) is 14.7. The minimum absolute atomic E-state index is 0.0312. The van der Waals surface area contributed by atoms with Gasteiger partial charge in [-0.3, -0.25) is 5.84 Å². The van der Waals surface area contributed by atoms with Gasteiger partial charge in [0.2, 0.25) is 0 Å². The number of hydrogen-bond acceptors (Lipinski definition) is 3. The number of nitrogens with one attached hydrogen (secondary N) is 1. The fraction of sp³-hybridized carbons (Fsp3) is 0.143. The molecule has 1 unspecified atom stereocenters. The first kappa shape index (κ1) is 15.1. The fourth-order valence-electron chi connectivity index (χ4n) is 2.02. The van der Waals surface area contributed by atoms with Gasteiger partial charge in [0.15, 0.2) is 0 Å². The van der Waals surface area contributed by atoms with Crippen LogP contribution in [0.15, 0.2) is 36.4 Å². The van der Waals surface area contributed by atoms with Crippen molar-refractivity contribution in [2.75, 3.05) is 7.11 Å². The van der Waals surface area contributed by atoms with Crippen LogP contribution in [0.25, 0.3) is 0 Å². The zero-order valence-corrected chi connectivity index (χ0v) is 12.2. The van der Waals surface area contributed by atoms with Crippen molar-refractivity contribution >= 4 is 23.2 Å². The van der Waals surface area contributed by atoms with Gasteiger partial charge in [-0.2, -0.15) is 0 Å². The maximum Gasteiger partial charge on any atom is 0.146 e. The van der Waals surface area contributed by atoms with Crippen molar-refractivity contribution in [3.05, 3.63) is 63.4 Å². The van der Waals surface area contributed by atoms with Crippen molar-refractivity contribution in [2.45, 2.75) is 6.04 Å². The van der Waals surface area contributed by atoms with Gasteiger partial charge in [-0.1, -0.05) is 35.3 Å². The number of ether oxygens (including phenoxy) is 1. The van der Waals surface area contributed by atoms with E-state index in [0.29, 0.717) is 21.9 Å². The molecule has 20 heavy (non-hydrogen) atoms. The molecule has 3 N–H and O–H groups in total. The summed E-state index contributed by atoms with van der Waals surface area (Å²) in [5, 5.41) is 0.534. The van der Waals surface area contributed by atoms with Crippen LogP contribution in [0.4, 0.5) is 4.39 Å². The highest BCUT2D eigenvalue weighted by Crippen LogP contribution is 2.34. The average molecular weight is 315 g/mol. The van der Waals surface area contributed by atoms with Crippen LogP contribution in [-0.2, 0) is 0 Å². The summed E-state index contributed by atoms with van der Waals surface area (Å²) >= 11 is 11.8. The molecule has 0 saturated carbocycles. The van der Waals surface area contributed by atoms with E-state index in [1.165, 1.54) is 13.2 Å². The van der Waals surface area contributed by atoms with Crippen molar-refractivity contribution < 1.29 is 9.13 Å². The van der Waals surface area contributed by atoms with E-state index in [0.717, 1.165) is 0 Å². The minimum Gasteiger partial charge on any atom is -0.496 e. The van der Waals surface area contributed by atoms with Crippen LogP contribution in [0.2, 0.25) is 10.0 Å². The van der Waals surface area contributed by atoms with Crippen LogP contribution >= 0.6 is 23.2 Å². The van der Waals surface area contributed by atoms with Gasteiger partial charge in [0.05, 0.1) is 18.2 Å². The molecule has 0 spiro atoms. The van der Waals surface area contributed by atoms with Crippen molar-refractivity contribution in [3.63, 3.8) is 0 Å². The van der Waals surface area contributed by atoms with Crippen molar-refractivity contribution in [1.29, 1.82) is 0 Å². The van der Waals surface area contributed by atoms with E-state index in [4.69, 9.17) is 33.8 Å². The monoisotopic (exact) mass is 314 g/mol. The molecule has 0 radical (unpaired) electrons. The Morgan fingerprint density at radius 2 is 1.95 bits per heavy atom. The average Bonchev–Trinajstić information content (AvgIpc) is 2.44. The molecule has 0 aliphatic rings. The van der Waals surface area contributed by atoms with Crippen LogP contribution in [0.1, 0.15) is 17.2 Å².